The van der Waals surface area contributed by atoms with E-state index in [2.05, 4.69) is 34.6 Å². The van der Waals surface area contributed by atoms with Crippen LogP contribution in [0, 0.1) is 29.6 Å². The molecule has 22 heavy (non-hydrogen) atoms. The van der Waals surface area contributed by atoms with E-state index in [0.717, 1.165) is 36.1 Å². The highest BCUT2D eigenvalue weighted by Gasteiger charge is 2.49. The minimum atomic E-state index is 0.0719. The maximum atomic E-state index is 6.58. The summed E-state index contributed by atoms with van der Waals surface area (Å²) < 4.78 is 6.58. The summed E-state index contributed by atoms with van der Waals surface area (Å²) >= 11 is 0. The van der Waals surface area contributed by atoms with Crippen molar-refractivity contribution in [3.05, 3.63) is 0 Å². The Labute approximate surface area is 138 Å². The summed E-state index contributed by atoms with van der Waals surface area (Å²) in [6, 6.07) is 0. The van der Waals surface area contributed by atoms with Crippen LogP contribution < -0.4 is 5.73 Å². The fourth-order valence-corrected chi connectivity index (χ4v) is 4.67. The second-order valence-electron chi connectivity index (χ2n) is 9.02. The molecule has 0 aromatic rings. The molecule has 0 aromatic carbocycles. The summed E-state index contributed by atoms with van der Waals surface area (Å²) in [5.41, 5.74) is 5.75. The monoisotopic (exact) mass is 309 g/mol. The molecule has 2 heteroatoms. The van der Waals surface area contributed by atoms with Gasteiger partial charge in [-0.25, -0.2) is 0 Å². The maximum absolute atomic E-state index is 6.58. The molecule has 130 valence electrons. The zero-order valence-corrected chi connectivity index (χ0v) is 15.6. The van der Waals surface area contributed by atoms with E-state index in [9.17, 15) is 0 Å². The van der Waals surface area contributed by atoms with Gasteiger partial charge >= 0.3 is 0 Å². The summed E-state index contributed by atoms with van der Waals surface area (Å²) in [5.74, 6) is 4.19. The Morgan fingerprint density at radius 1 is 1.09 bits per heavy atom. The summed E-state index contributed by atoms with van der Waals surface area (Å²) in [4.78, 5) is 0. The molecule has 0 aromatic heterocycles. The first-order valence-corrected chi connectivity index (χ1v) is 9.71. The summed E-state index contributed by atoms with van der Waals surface area (Å²) in [6.45, 7) is 12.6. The number of hydrogen-bond acceptors (Lipinski definition) is 2. The van der Waals surface area contributed by atoms with Crippen molar-refractivity contribution >= 4 is 0 Å². The standard InChI is InChI=1S/C20H39NO/c1-14(2)16-6-8-18(9-7-16)22-20(4,5)19-13-17(19)12-15(3)10-11-21/h14-19H,6-13,21H2,1-5H3. The minimum absolute atomic E-state index is 0.0719. The summed E-state index contributed by atoms with van der Waals surface area (Å²) in [7, 11) is 0. The molecule has 3 unspecified atom stereocenters. The molecule has 0 amide bonds. The third kappa shape index (κ3) is 4.96. The first-order valence-electron chi connectivity index (χ1n) is 9.71. The van der Waals surface area contributed by atoms with Gasteiger partial charge in [0, 0.05) is 0 Å². The highest BCUT2D eigenvalue weighted by molar-refractivity contribution is 4.98. The molecule has 0 heterocycles. The molecular weight excluding hydrogens is 270 g/mol. The minimum Gasteiger partial charge on any atom is -0.372 e. The molecule has 2 aliphatic rings. The van der Waals surface area contributed by atoms with Crippen molar-refractivity contribution in [1.29, 1.82) is 0 Å². The van der Waals surface area contributed by atoms with E-state index in [1.807, 2.05) is 0 Å². The average Bonchev–Trinajstić information content (AvgIpc) is 3.19. The number of nitrogens with two attached hydrogens (primary N) is 1. The van der Waals surface area contributed by atoms with Crippen LogP contribution in [0.4, 0.5) is 0 Å². The zero-order chi connectivity index (χ0) is 16.3. The van der Waals surface area contributed by atoms with Gasteiger partial charge in [0.05, 0.1) is 11.7 Å². The van der Waals surface area contributed by atoms with E-state index in [4.69, 9.17) is 10.5 Å². The maximum Gasteiger partial charge on any atom is 0.0661 e. The van der Waals surface area contributed by atoms with E-state index in [-0.39, 0.29) is 5.60 Å². The van der Waals surface area contributed by atoms with Gasteiger partial charge < -0.3 is 10.5 Å². The van der Waals surface area contributed by atoms with Crippen molar-refractivity contribution in [3.8, 4) is 0 Å². The first-order chi connectivity index (χ1) is 10.3. The van der Waals surface area contributed by atoms with Gasteiger partial charge in [-0.15, -0.1) is 0 Å². The van der Waals surface area contributed by atoms with Gasteiger partial charge in [0.25, 0.3) is 0 Å². The van der Waals surface area contributed by atoms with Crippen LogP contribution >= 0.6 is 0 Å². The third-order valence-electron chi connectivity index (χ3n) is 6.31. The van der Waals surface area contributed by atoms with Crippen LogP contribution in [-0.4, -0.2) is 18.2 Å². The smallest absolute Gasteiger partial charge is 0.0661 e. The quantitative estimate of drug-likeness (QED) is 0.684. The van der Waals surface area contributed by atoms with Gasteiger partial charge in [-0.1, -0.05) is 20.8 Å². The topological polar surface area (TPSA) is 35.2 Å². The van der Waals surface area contributed by atoms with Gasteiger partial charge in [-0.2, -0.15) is 0 Å². The fraction of sp³-hybridized carbons (Fsp3) is 1.00. The largest absolute Gasteiger partial charge is 0.372 e. The number of ether oxygens (including phenoxy) is 1. The van der Waals surface area contributed by atoms with Gasteiger partial charge in [0.2, 0.25) is 0 Å². The normalized spacial score (nSPS) is 34.0. The highest BCUT2D eigenvalue weighted by Crippen LogP contribution is 2.52. The van der Waals surface area contributed by atoms with Crippen LogP contribution in [0.25, 0.3) is 0 Å². The van der Waals surface area contributed by atoms with E-state index < -0.39 is 0 Å². The van der Waals surface area contributed by atoms with Crippen molar-refractivity contribution in [2.75, 3.05) is 6.54 Å². The molecule has 0 spiro atoms. The Kier molecular flexibility index (Phi) is 6.36. The SMILES string of the molecule is CC(CCN)CC1CC1C(C)(C)OC1CCC(C(C)C)CC1. The Morgan fingerprint density at radius 2 is 1.73 bits per heavy atom. The lowest BCUT2D eigenvalue weighted by Crippen LogP contribution is -2.36. The van der Waals surface area contributed by atoms with E-state index in [1.54, 1.807) is 0 Å². The van der Waals surface area contributed by atoms with E-state index in [1.165, 1.54) is 44.9 Å². The Morgan fingerprint density at radius 3 is 2.27 bits per heavy atom. The van der Waals surface area contributed by atoms with Crippen LogP contribution in [0.3, 0.4) is 0 Å². The summed E-state index contributed by atoms with van der Waals surface area (Å²) in [6.07, 6.45) is 9.65. The first kappa shape index (κ1) is 18.3. The predicted molar refractivity (Wildman–Crippen MR) is 94.8 cm³/mol. The summed E-state index contributed by atoms with van der Waals surface area (Å²) in [5, 5.41) is 0. The van der Waals surface area contributed by atoms with Crippen molar-refractivity contribution < 1.29 is 4.74 Å². The Hall–Kier alpha value is -0.0800. The van der Waals surface area contributed by atoms with Gasteiger partial charge in [0.1, 0.15) is 0 Å². The van der Waals surface area contributed by atoms with Crippen molar-refractivity contribution in [2.45, 2.75) is 91.3 Å². The molecule has 0 radical (unpaired) electrons. The van der Waals surface area contributed by atoms with Crippen molar-refractivity contribution in [2.24, 2.45) is 35.3 Å². The predicted octanol–water partition coefficient (Wildman–Crippen LogP) is 5.01. The average molecular weight is 310 g/mol. The van der Waals surface area contributed by atoms with E-state index in [0.29, 0.717) is 6.10 Å². The molecule has 2 N–H and O–H groups in total. The van der Waals surface area contributed by atoms with Crippen molar-refractivity contribution in [3.63, 3.8) is 0 Å². The van der Waals surface area contributed by atoms with Crippen LogP contribution in [0.2, 0.25) is 0 Å². The lowest BCUT2D eigenvalue weighted by molar-refractivity contribution is -0.105. The molecule has 2 fully saturated rings. The second kappa shape index (κ2) is 7.66. The van der Waals surface area contributed by atoms with Gasteiger partial charge in [0.15, 0.2) is 0 Å². The van der Waals surface area contributed by atoms with Crippen LogP contribution in [0.15, 0.2) is 0 Å². The van der Waals surface area contributed by atoms with E-state index >= 15 is 0 Å². The van der Waals surface area contributed by atoms with Crippen LogP contribution in [0.1, 0.15) is 79.6 Å². The lowest BCUT2D eigenvalue weighted by Gasteiger charge is -2.37. The number of hydrogen-bond donors (Lipinski definition) is 1. The third-order valence-corrected chi connectivity index (χ3v) is 6.31. The molecule has 2 nitrogen and oxygen atoms in total. The molecule has 2 rings (SSSR count). The Balaban J connectivity index is 1.73. The molecule has 0 saturated heterocycles. The highest BCUT2D eigenvalue weighted by atomic mass is 16.5. The molecular formula is C20H39NO. The molecule has 2 saturated carbocycles. The lowest BCUT2D eigenvalue weighted by atomic mass is 9.80. The molecule has 3 atom stereocenters. The van der Waals surface area contributed by atoms with Crippen LogP contribution in [0.5, 0.6) is 0 Å². The van der Waals surface area contributed by atoms with Crippen molar-refractivity contribution in [1.82, 2.24) is 0 Å². The Bertz CT molecular complexity index is 331. The molecule has 0 bridgehead atoms. The molecule has 0 aliphatic heterocycles. The zero-order valence-electron chi connectivity index (χ0n) is 15.6. The van der Waals surface area contributed by atoms with Crippen LogP contribution in [-0.2, 0) is 4.74 Å². The number of rotatable bonds is 8. The van der Waals surface area contributed by atoms with Gasteiger partial charge in [-0.3, -0.25) is 0 Å². The fourth-order valence-electron chi connectivity index (χ4n) is 4.67. The van der Waals surface area contributed by atoms with Gasteiger partial charge in [-0.05, 0) is 94.9 Å². The second-order valence-corrected chi connectivity index (χ2v) is 9.02. The molecule has 2 aliphatic carbocycles.